The Morgan fingerprint density at radius 1 is 1.33 bits per heavy atom. The van der Waals surface area contributed by atoms with E-state index in [1.54, 1.807) is 0 Å². The summed E-state index contributed by atoms with van der Waals surface area (Å²) in [4.78, 5) is 0. The van der Waals surface area contributed by atoms with E-state index in [0.717, 1.165) is 19.6 Å². The molecule has 18 heavy (non-hydrogen) atoms. The van der Waals surface area contributed by atoms with Gasteiger partial charge >= 0.3 is 0 Å². The number of fused-ring (bicyclic) bond motifs is 1. The van der Waals surface area contributed by atoms with Crippen LogP contribution >= 0.6 is 0 Å². The second kappa shape index (κ2) is 5.31. The maximum absolute atomic E-state index is 3.58. The number of hydrogen-bond acceptors (Lipinski definition) is 2. The highest BCUT2D eigenvalue weighted by Gasteiger charge is 2.19. The van der Waals surface area contributed by atoms with Crippen molar-refractivity contribution >= 4 is 5.69 Å². The normalized spacial score (nSPS) is 16.2. The van der Waals surface area contributed by atoms with Crippen LogP contribution in [0.25, 0.3) is 0 Å². The van der Waals surface area contributed by atoms with Gasteiger partial charge in [-0.3, -0.25) is 0 Å². The summed E-state index contributed by atoms with van der Waals surface area (Å²) >= 11 is 0. The van der Waals surface area contributed by atoms with Gasteiger partial charge in [0.05, 0.1) is 0 Å². The van der Waals surface area contributed by atoms with Gasteiger partial charge in [0.2, 0.25) is 0 Å². The first-order chi connectivity index (χ1) is 8.47. The second-order valence-electron chi connectivity index (χ2n) is 6.57. The molecule has 0 amide bonds. The minimum Gasteiger partial charge on any atom is -0.384 e. The molecule has 1 heterocycles. The van der Waals surface area contributed by atoms with Crippen LogP contribution in [0.15, 0.2) is 18.2 Å². The topological polar surface area (TPSA) is 24.1 Å². The molecule has 1 aliphatic rings. The van der Waals surface area contributed by atoms with Gasteiger partial charge < -0.3 is 10.6 Å². The number of benzene rings is 1. The van der Waals surface area contributed by atoms with Crippen LogP contribution in [0.2, 0.25) is 0 Å². The van der Waals surface area contributed by atoms with E-state index in [-0.39, 0.29) is 0 Å². The van der Waals surface area contributed by atoms with Crippen molar-refractivity contribution in [3.63, 3.8) is 0 Å². The van der Waals surface area contributed by atoms with Gasteiger partial charge in [-0.1, -0.05) is 39.8 Å². The molecule has 1 aromatic rings. The molecule has 0 spiro atoms. The lowest BCUT2D eigenvalue weighted by Gasteiger charge is -2.27. The zero-order valence-electron chi connectivity index (χ0n) is 12.1. The summed E-state index contributed by atoms with van der Waals surface area (Å²) in [6, 6.07) is 6.78. The Bertz CT molecular complexity index is 404. The molecule has 0 saturated heterocycles. The first-order valence-electron chi connectivity index (χ1n) is 7.03. The number of anilines is 1. The lowest BCUT2D eigenvalue weighted by Crippen LogP contribution is -2.29. The van der Waals surface area contributed by atoms with Gasteiger partial charge in [-0.15, -0.1) is 0 Å². The van der Waals surface area contributed by atoms with Crippen molar-refractivity contribution in [2.75, 3.05) is 18.4 Å². The fraction of sp³-hybridized carbons (Fsp3) is 0.625. The summed E-state index contributed by atoms with van der Waals surface area (Å²) in [5.41, 5.74) is 4.58. The summed E-state index contributed by atoms with van der Waals surface area (Å²) in [5, 5.41) is 6.98. The summed E-state index contributed by atoms with van der Waals surface area (Å²) in [7, 11) is 0. The van der Waals surface area contributed by atoms with Gasteiger partial charge in [-0.2, -0.15) is 0 Å². The first kappa shape index (κ1) is 13.4. The third kappa shape index (κ3) is 3.26. The molecule has 0 aromatic heterocycles. The monoisotopic (exact) mass is 246 g/mol. The highest BCUT2D eigenvalue weighted by atomic mass is 14.9. The molecule has 1 aromatic carbocycles. The summed E-state index contributed by atoms with van der Waals surface area (Å²) in [5.74, 6) is 0.689. The highest BCUT2D eigenvalue weighted by Crippen LogP contribution is 2.25. The van der Waals surface area contributed by atoms with Gasteiger partial charge in [0, 0.05) is 18.8 Å². The van der Waals surface area contributed by atoms with Crippen LogP contribution in [0.3, 0.4) is 0 Å². The lowest BCUT2D eigenvalue weighted by molar-refractivity contribution is 0.252. The van der Waals surface area contributed by atoms with Gasteiger partial charge in [0.1, 0.15) is 0 Å². The largest absolute Gasteiger partial charge is 0.384 e. The molecule has 0 aliphatic carbocycles. The van der Waals surface area contributed by atoms with E-state index < -0.39 is 0 Å². The minimum absolute atomic E-state index is 0.384. The van der Waals surface area contributed by atoms with E-state index >= 15 is 0 Å². The van der Waals surface area contributed by atoms with E-state index in [1.165, 1.54) is 23.2 Å². The van der Waals surface area contributed by atoms with Crippen LogP contribution in [-0.2, 0) is 13.0 Å². The molecule has 100 valence electrons. The molecule has 0 fully saturated rings. The molecule has 2 nitrogen and oxygen atoms in total. The van der Waals surface area contributed by atoms with E-state index in [2.05, 4.69) is 56.5 Å². The van der Waals surface area contributed by atoms with Crippen molar-refractivity contribution in [1.82, 2.24) is 5.32 Å². The average Bonchev–Trinajstić information content (AvgIpc) is 2.74. The summed E-state index contributed by atoms with van der Waals surface area (Å²) in [6.07, 6.45) is 1.17. The van der Waals surface area contributed by atoms with Gasteiger partial charge in [-0.05, 0) is 41.5 Å². The smallest absolute Gasteiger partial charge is 0.0373 e. The van der Waals surface area contributed by atoms with Gasteiger partial charge in [0.15, 0.2) is 0 Å². The van der Waals surface area contributed by atoms with Crippen molar-refractivity contribution in [2.24, 2.45) is 11.3 Å². The van der Waals surface area contributed by atoms with Crippen LogP contribution in [-0.4, -0.2) is 13.1 Å². The third-order valence-corrected chi connectivity index (χ3v) is 4.14. The van der Waals surface area contributed by atoms with Crippen molar-refractivity contribution in [3.05, 3.63) is 29.3 Å². The predicted molar refractivity (Wildman–Crippen MR) is 79.0 cm³/mol. The number of rotatable bonds is 4. The van der Waals surface area contributed by atoms with Crippen molar-refractivity contribution < 1.29 is 0 Å². The Labute approximate surface area is 111 Å². The fourth-order valence-electron chi connectivity index (χ4n) is 2.21. The average molecular weight is 246 g/mol. The van der Waals surface area contributed by atoms with E-state index in [9.17, 15) is 0 Å². The zero-order valence-corrected chi connectivity index (χ0v) is 12.1. The fourth-order valence-corrected chi connectivity index (χ4v) is 2.21. The number of nitrogens with one attached hydrogen (secondary N) is 2. The van der Waals surface area contributed by atoms with Gasteiger partial charge in [0.25, 0.3) is 0 Å². The number of hydrogen-bond donors (Lipinski definition) is 2. The molecule has 0 radical (unpaired) electrons. The Morgan fingerprint density at radius 2 is 2.11 bits per heavy atom. The standard InChI is InChI=1S/C16H26N2/c1-12(16(2,3)4)10-17-11-13-5-6-15-14(9-13)7-8-18-15/h5-6,9,12,17-18H,7-8,10-11H2,1-4H3. The van der Waals surface area contributed by atoms with Crippen molar-refractivity contribution in [3.8, 4) is 0 Å². The van der Waals surface area contributed by atoms with Crippen LogP contribution in [0.5, 0.6) is 0 Å². The van der Waals surface area contributed by atoms with Gasteiger partial charge in [-0.25, -0.2) is 0 Å². The second-order valence-corrected chi connectivity index (χ2v) is 6.57. The predicted octanol–water partition coefficient (Wildman–Crippen LogP) is 3.43. The van der Waals surface area contributed by atoms with Crippen LogP contribution in [0.4, 0.5) is 5.69 Å². The van der Waals surface area contributed by atoms with E-state index in [1.807, 2.05) is 0 Å². The van der Waals surface area contributed by atoms with Crippen LogP contribution < -0.4 is 10.6 Å². The molecular weight excluding hydrogens is 220 g/mol. The van der Waals surface area contributed by atoms with E-state index in [4.69, 9.17) is 0 Å². The summed E-state index contributed by atoms with van der Waals surface area (Å²) in [6.45, 7) is 12.4. The van der Waals surface area contributed by atoms with Crippen molar-refractivity contribution in [2.45, 2.75) is 40.7 Å². The molecule has 1 aliphatic heterocycles. The van der Waals surface area contributed by atoms with Crippen LogP contribution in [0.1, 0.15) is 38.8 Å². The Morgan fingerprint density at radius 3 is 2.83 bits per heavy atom. The van der Waals surface area contributed by atoms with Crippen molar-refractivity contribution in [1.29, 1.82) is 0 Å². The first-order valence-corrected chi connectivity index (χ1v) is 7.03. The maximum Gasteiger partial charge on any atom is 0.0373 e. The lowest BCUT2D eigenvalue weighted by atomic mass is 9.82. The molecule has 2 heteroatoms. The Hall–Kier alpha value is -1.02. The molecule has 2 N–H and O–H groups in total. The molecule has 0 saturated carbocycles. The molecule has 1 atom stereocenters. The third-order valence-electron chi connectivity index (χ3n) is 4.14. The van der Waals surface area contributed by atoms with Crippen LogP contribution in [0, 0.1) is 11.3 Å². The Kier molecular flexibility index (Phi) is 3.96. The molecular formula is C16H26N2. The molecule has 2 rings (SSSR count). The minimum atomic E-state index is 0.384. The van der Waals surface area contributed by atoms with E-state index in [0.29, 0.717) is 11.3 Å². The zero-order chi connectivity index (χ0) is 13.2. The Balaban J connectivity index is 1.84. The molecule has 0 bridgehead atoms. The summed E-state index contributed by atoms with van der Waals surface area (Å²) < 4.78 is 0. The maximum atomic E-state index is 3.58. The highest BCUT2D eigenvalue weighted by molar-refractivity contribution is 5.56. The quantitative estimate of drug-likeness (QED) is 0.850. The molecule has 1 unspecified atom stereocenters. The SMILES string of the molecule is CC(CNCc1ccc2c(c1)CCN2)C(C)(C)C.